The third-order valence-electron chi connectivity index (χ3n) is 4.99. The number of carbonyl (C=O) groups is 2. The fourth-order valence-corrected chi connectivity index (χ4v) is 3.44. The van der Waals surface area contributed by atoms with E-state index in [2.05, 4.69) is 13.8 Å². The van der Waals surface area contributed by atoms with Crippen molar-refractivity contribution in [3.8, 4) is 5.75 Å². The van der Waals surface area contributed by atoms with Crippen LogP contribution in [0.2, 0.25) is 0 Å². The Balaban J connectivity index is 2.02. The molecule has 1 amide bonds. The maximum atomic E-state index is 12.8. The predicted octanol–water partition coefficient (Wildman–Crippen LogP) is 3.44. The normalized spacial score (nSPS) is 18.3. The van der Waals surface area contributed by atoms with Crippen molar-refractivity contribution in [2.24, 2.45) is 5.92 Å². The van der Waals surface area contributed by atoms with Gasteiger partial charge >= 0.3 is 0 Å². The summed E-state index contributed by atoms with van der Waals surface area (Å²) in [5, 5.41) is 20.4. The fraction of sp³-hybridized carbons (Fsp3) is 0.333. The Morgan fingerprint density at radius 1 is 1.07 bits per heavy atom. The van der Waals surface area contributed by atoms with E-state index in [0.717, 1.165) is 5.56 Å². The van der Waals surface area contributed by atoms with Crippen molar-refractivity contribution in [1.82, 2.24) is 4.90 Å². The second-order valence-corrected chi connectivity index (χ2v) is 7.86. The highest BCUT2D eigenvalue weighted by Gasteiger charge is 2.45. The second kappa shape index (κ2) is 9.13. The third-order valence-corrected chi connectivity index (χ3v) is 4.99. The molecular formula is C24H27NO5. The lowest BCUT2D eigenvalue weighted by molar-refractivity contribution is -0.140. The highest BCUT2D eigenvalue weighted by atomic mass is 16.5. The lowest BCUT2D eigenvalue weighted by Gasteiger charge is -2.24. The number of likely N-dealkylation sites (tertiary alicyclic amines) is 1. The standard InChI is InChI=1S/C24H27NO5/c1-15(2)14-30-19-10-8-18(9-11-19)22(27)20-21(17-6-4-16(3)5-7-17)25(12-13-26)24(29)23(20)28/h4-11,15,21,26-27H,12-14H2,1-3H3/b22-20+. The van der Waals surface area contributed by atoms with E-state index >= 15 is 0 Å². The molecule has 1 aliphatic rings. The number of rotatable bonds is 7. The Hall–Kier alpha value is -3.12. The first kappa shape index (κ1) is 21.6. The van der Waals surface area contributed by atoms with E-state index in [-0.39, 0.29) is 24.5 Å². The van der Waals surface area contributed by atoms with Gasteiger partial charge in [0.2, 0.25) is 0 Å². The maximum Gasteiger partial charge on any atom is 0.295 e. The van der Waals surface area contributed by atoms with Crippen LogP contribution in [0.4, 0.5) is 0 Å². The highest BCUT2D eigenvalue weighted by molar-refractivity contribution is 6.46. The van der Waals surface area contributed by atoms with E-state index in [0.29, 0.717) is 29.4 Å². The van der Waals surface area contributed by atoms with Crippen LogP contribution in [0.1, 0.15) is 36.6 Å². The molecule has 1 atom stereocenters. The second-order valence-electron chi connectivity index (χ2n) is 7.86. The number of aryl methyl sites for hydroxylation is 1. The van der Waals surface area contributed by atoms with Crippen LogP contribution in [0.5, 0.6) is 5.75 Å². The molecule has 6 nitrogen and oxygen atoms in total. The topological polar surface area (TPSA) is 87.1 Å². The van der Waals surface area contributed by atoms with Crippen LogP contribution in [0.25, 0.3) is 5.76 Å². The number of β-amino-alcohol motifs (C(OH)–C–C–N with tert-alkyl or cyclic N) is 1. The number of hydrogen-bond donors (Lipinski definition) is 2. The summed E-state index contributed by atoms with van der Waals surface area (Å²) in [7, 11) is 0. The van der Waals surface area contributed by atoms with Crippen molar-refractivity contribution >= 4 is 17.4 Å². The largest absolute Gasteiger partial charge is 0.507 e. The summed E-state index contributed by atoms with van der Waals surface area (Å²) < 4.78 is 5.66. The van der Waals surface area contributed by atoms with Gasteiger partial charge in [0.05, 0.1) is 24.8 Å². The zero-order valence-electron chi connectivity index (χ0n) is 17.5. The van der Waals surface area contributed by atoms with Crippen molar-refractivity contribution in [2.45, 2.75) is 26.8 Å². The summed E-state index contributed by atoms with van der Waals surface area (Å²) in [6, 6.07) is 13.4. The van der Waals surface area contributed by atoms with Crippen LogP contribution in [0.15, 0.2) is 54.1 Å². The molecule has 3 rings (SSSR count). The quantitative estimate of drug-likeness (QED) is 0.416. The smallest absolute Gasteiger partial charge is 0.295 e. The summed E-state index contributed by atoms with van der Waals surface area (Å²) in [5.74, 6) is -0.680. The number of nitrogens with zero attached hydrogens (tertiary/aromatic N) is 1. The summed E-state index contributed by atoms with van der Waals surface area (Å²) >= 11 is 0. The average Bonchev–Trinajstić information content (AvgIpc) is 2.98. The van der Waals surface area contributed by atoms with Crippen LogP contribution in [0, 0.1) is 12.8 Å². The van der Waals surface area contributed by atoms with Crippen molar-refractivity contribution in [3.63, 3.8) is 0 Å². The number of aliphatic hydroxyl groups excluding tert-OH is 2. The lowest BCUT2D eigenvalue weighted by Crippen LogP contribution is -2.32. The lowest BCUT2D eigenvalue weighted by atomic mass is 9.94. The summed E-state index contributed by atoms with van der Waals surface area (Å²) in [4.78, 5) is 26.7. The Bertz CT molecular complexity index is 945. The number of Topliss-reactive ketones (excluding diaryl/α,β-unsaturated/α-hetero) is 1. The van der Waals surface area contributed by atoms with Gasteiger partial charge < -0.3 is 19.8 Å². The molecule has 1 unspecified atom stereocenters. The van der Waals surface area contributed by atoms with Crippen LogP contribution >= 0.6 is 0 Å². The third kappa shape index (κ3) is 4.39. The van der Waals surface area contributed by atoms with E-state index in [1.807, 2.05) is 31.2 Å². The van der Waals surface area contributed by atoms with Crippen molar-refractivity contribution < 1.29 is 24.5 Å². The molecule has 0 radical (unpaired) electrons. The number of hydrogen-bond acceptors (Lipinski definition) is 5. The number of aliphatic hydroxyl groups is 2. The molecule has 0 bridgehead atoms. The van der Waals surface area contributed by atoms with Gasteiger partial charge in [0.1, 0.15) is 11.5 Å². The first-order valence-corrected chi connectivity index (χ1v) is 10.0. The molecule has 1 saturated heterocycles. The minimum atomic E-state index is -0.758. The zero-order chi connectivity index (χ0) is 21.8. The molecule has 1 fully saturated rings. The summed E-state index contributed by atoms with van der Waals surface area (Å²) in [6.07, 6.45) is 0. The molecule has 2 aromatic carbocycles. The molecule has 30 heavy (non-hydrogen) atoms. The average molecular weight is 409 g/mol. The van der Waals surface area contributed by atoms with Crippen LogP contribution in [-0.4, -0.2) is 46.6 Å². The predicted molar refractivity (Wildman–Crippen MR) is 114 cm³/mol. The van der Waals surface area contributed by atoms with Gasteiger partial charge in [-0.1, -0.05) is 43.7 Å². The van der Waals surface area contributed by atoms with E-state index in [9.17, 15) is 19.8 Å². The molecule has 1 heterocycles. The maximum absolute atomic E-state index is 12.8. The number of ether oxygens (including phenoxy) is 1. The van der Waals surface area contributed by atoms with Crippen LogP contribution in [-0.2, 0) is 9.59 Å². The van der Waals surface area contributed by atoms with Gasteiger partial charge in [-0.2, -0.15) is 0 Å². The molecule has 1 aliphatic heterocycles. The van der Waals surface area contributed by atoms with Gasteiger partial charge in [0.15, 0.2) is 0 Å². The Morgan fingerprint density at radius 2 is 1.70 bits per heavy atom. The Labute approximate surface area is 176 Å². The molecule has 0 aliphatic carbocycles. The van der Waals surface area contributed by atoms with Gasteiger partial charge in [-0.05, 0) is 42.7 Å². The van der Waals surface area contributed by atoms with E-state index in [4.69, 9.17) is 4.74 Å². The van der Waals surface area contributed by atoms with E-state index in [1.165, 1.54) is 4.90 Å². The van der Waals surface area contributed by atoms with Gasteiger partial charge in [0.25, 0.3) is 11.7 Å². The first-order chi connectivity index (χ1) is 14.3. The molecule has 2 aromatic rings. The number of amides is 1. The number of carbonyl (C=O) groups excluding carboxylic acids is 2. The Morgan fingerprint density at radius 3 is 2.27 bits per heavy atom. The highest BCUT2D eigenvalue weighted by Crippen LogP contribution is 2.39. The molecule has 0 aromatic heterocycles. The fourth-order valence-electron chi connectivity index (χ4n) is 3.44. The monoisotopic (exact) mass is 409 g/mol. The SMILES string of the molecule is Cc1ccc(C2/C(=C(\O)c3ccc(OCC(C)C)cc3)C(=O)C(=O)N2CCO)cc1. The van der Waals surface area contributed by atoms with Crippen molar-refractivity contribution in [3.05, 3.63) is 70.8 Å². The summed E-state index contributed by atoms with van der Waals surface area (Å²) in [6.45, 7) is 6.34. The molecule has 0 spiro atoms. The van der Waals surface area contributed by atoms with Gasteiger partial charge in [0, 0.05) is 12.1 Å². The molecular weight excluding hydrogens is 382 g/mol. The summed E-state index contributed by atoms with van der Waals surface area (Å²) in [5.41, 5.74) is 2.18. The van der Waals surface area contributed by atoms with Crippen molar-refractivity contribution in [2.75, 3.05) is 19.8 Å². The van der Waals surface area contributed by atoms with Gasteiger partial charge in [-0.15, -0.1) is 0 Å². The Kier molecular flexibility index (Phi) is 6.57. The minimum Gasteiger partial charge on any atom is -0.507 e. The first-order valence-electron chi connectivity index (χ1n) is 10.0. The van der Waals surface area contributed by atoms with Crippen LogP contribution in [0.3, 0.4) is 0 Å². The van der Waals surface area contributed by atoms with Crippen molar-refractivity contribution in [1.29, 1.82) is 0 Å². The van der Waals surface area contributed by atoms with Gasteiger partial charge in [-0.3, -0.25) is 9.59 Å². The zero-order valence-corrected chi connectivity index (χ0v) is 17.5. The van der Waals surface area contributed by atoms with Gasteiger partial charge in [-0.25, -0.2) is 0 Å². The number of benzene rings is 2. The van der Waals surface area contributed by atoms with E-state index in [1.54, 1.807) is 24.3 Å². The number of ketones is 1. The van der Waals surface area contributed by atoms with E-state index < -0.39 is 17.7 Å². The molecule has 2 N–H and O–H groups in total. The molecule has 6 heteroatoms. The van der Waals surface area contributed by atoms with Crippen LogP contribution < -0.4 is 4.74 Å². The molecule has 158 valence electrons. The molecule has 0 saturated carbocycles. The minimum absolute atomic E-state index is 0.00186.